The number of benzene rings is 2. The highest BCUT2D eigenvalue weighted by Crippen LogP contribution is 2.23. The zero-order valence-electron chi connectivity index (χ0n) is 14.7. The van der Waals surface area contributed by atoms with E-state index in [2.05, 4.69) is 25.8 Å². The summed E-state index contributed by atoms with van der Waals surface area (Å²) >= 11 is 0. The van der Waals surface area contributed by atoms with Crippen molar-refractivity contribution in [2.75, 3.05) is 22.1 Å². The van der Waals surface area contributed by atoms with Crippen LogP contribution in [0.4, 0.5) is 28.8 Å². The van der Waals surface area contributed by atoms with Gasteiger partial charge in [-0.25, -0.2) is 0 Å². The molecular formula is C19H20N6O. The van der Waals surface area contributed by atoms with Gasteiger partial charge < -0.3 is 15.5 Å². The van der Waals surface area contributed by atoms with Gasteiger partial charge in [-0.2, -0.15) is 10.1 Å². The summed E-state index contributed by atoms with van der Waals surface area (Å²) < 4.78 is 0. The average molecular weight is 348 g/mol. The quantitative estimate of drug-likeness (QED) is 0.706. The Morgan fingerprint density at radius 1 is 1.04 bits per heavy atom. The van der Waals surface area contributed by atoms with E-state index in [-0.39, 0.29) is 5.91 Å². The maximum atomic E-state index is 11.1. The predicted molar refractivity (Wildman–Crippen MR) is 103 cm³/mol. The second-order valence-electron chi connectivity index (χ2n) is 5.60. The van der Waals surface area contributed by atoms with Gasteiger partial charge in [-0.15, -0.1) is 5.10 Å². The summed E-state index contributed by atoms with van der Waals surface area (Å²) in [5, 5.41) is 14.1. The Labute approximate surface area is 152 Å². The van der Waals surface area contributed by atoms with Crippen molar-refractivity contribution in [1.29, 1.82) is 0 Å². The molecule has 0 aliphatic carbocycles. The molecule has 3 aromatic rings. The Kier molecular flexibility index (Phi) is 5.38. The molecule has 2 aromatic carbocycles. The number of nitrogens with one attached hydrogen (secondary N) is 2. The zero-order chi connectivity index (χ0) is 18.4. The van der Waals surface area contributed by atoms with Crippen LogP contribution in [-0.4, -0.2) is 27.6 Å². The van der Waals surface area contributed by atoms with Gasteiger partial charge in [0.05, 0.1) is 6.20 Å². The van der Waals surface area contributed by atoms with E-state index in [4.69, 9.17) is 0 Å². The van der Waals surface area contributed by atoms with Gasteiger partial charge >= 0.3 is 0 Å². The van der Waals surface area contributed by atoms with Gasteiger partial charge in [0.15, 0.2) is 5.82 Å². The fourth-order valence-electron chi connectivity index (χ4n) is 2.50. The van der Waals surface area contributed by atoms with E-state index in [0.29, 0.717) is 11.8 Å². The van der Waals surface area contributed by atoms with E-state index in [9.17, 15) is 4.79 Å². The van der Waals surface area contributed by atoms with Crippen LogP contribution in [0.1, 0.15) is 13.8 Å². The van der Waals surface area contributed by atoms with E-state index in [1.807, 2.05) is 66.4 Å². The Balaban J connectivity index is 1.77. The van der Waals surface area contributed by atoms with E-state index in [1.165, 1.54) is 6.92 Å². The summed E-state index contributed by atoms with van der Waals surface area (Å²) in [6.07, 6.45) is 1.57. The lowest BCUT2D eigenvalue weighted by Gasteiger charge is -2.20. The largest absolute Gasteiger partial charge is 0.339 e. The van der Waals surface area contributed by atoms with Crippen LogP contribution in [0, 0.1) is 0 Å². The van der Waals surface area contributed by atoms with Gasteiger partial charge in [0.2, 0.25) is 5.91 Å². The number of aromatic nitrogens is 3. The second kappa shape index (κ2) is 8.06. The number of hydrogen-bond donors (Lipinski definition) is 2. The summed E-state index contributed by atoms with van der Waals surface area (Å²) in [7, 11) is 0. The molecule has 1 aromatic heterocycles. The fraction of sp³-hybridized carbons (Fsp3) is 0.158. The molecule has 0 fully saturated rings. The summed E-state index contributed by atoms with van der Waals surface area (Å²) in [5.41, 5.74) is 2.59. The van der Waals surface area contributed by atoms with Crippen LogP contribution < -0.4 is 15.5 Å². The van der Waals surface area contributed by atoms with Gasteiger partial charge in [0.25, 0.3) is 5.95 Å². The first-order valence-electron chi connectivity index (χ1n) is 8.32. The Hall–Kier alpha value is -3.48. The SMILES string of the molecule is CCN(c1ccccc1)c1nncc(Nc2ccc(NC(C)=O)cc2)n1. The standard InChI is InChI=1S/C19H20N6O/c1-3-25(17-7-5-4-6-8-17)19-23-18(13-20-24-19)22-16-11-9-15(10-12-16)21-14(2)26/h4-13H,3H2,1-2H3,(H,21,26)(H,22,23,24). The summed E-state index contributed by atoms with van der Waals surface area (Å²) in [6.45, 7) is 4.24. The number of nitrogens with zero attached hydrogens (tertiary/aromatic N) is 4. The van der Waals surface area contributed by atoms with E-state index in [1.54, 1.807) is 6.20 Å². The minimum Gasteiger partial charge on any atom is -0.339 e. The van der Waals surface area contributed by atoms with Crippen LogP contribution in [0.2, 0.25) is 0 Å². The Bertz CT molecular complexity index is 867. The number of rotatable bonds is 6. The molecule has 0 saturated carbocycles. The van der Waals surface area contributed by atoms with Crippen LogP contribution in [0.5, 0.6) is 0 Å². The fourth-order valence-corrected chi connectivity index (χ4v) is 2.50. The molecule has 1 amide bonds. The van der Waals surface area contributed by atoms with E-state index in [0.717, 1.165) is 23.6 Å². The third-order valence-corrected chi connectivity index (χ3v) is 3.65. The zero-order valence-corrected chi connectivity index (χ0v) is 14.7. The van der Waals surface area contributed by atoms with Crippen LogP contribution >= 0.6 is 0 Å². The van der Waals surface area contributed by atoms with Gasteiger partial charge in [-0.1, -0.05) is 18.2 Å². The van der Waals surface area contributed by atoms with Crippen LogP contribution in [0.25, 0.3) is 0 Å². The summed E-state index contributed by atoms with van der Waals surface area (Å²) in [5.74, 6) is 1.02. The maximum absolute atomic E-state index is 11.1. The summed E-state index contributed by atoms with van der Waals surface area (Å²) in [6, 6.07) is 17.3. The first-order chi connectivity index (χ1) is 12.7. The smallest absolute Gasteiger partial charge is 0.251 e. The predicted octanol–water partition coefficient (Wildman–Crippen LogP) is 3.73. The molecule has 1 heterocycles. The Morgan fingerprint density at radius 3 is 2.38 bits per heavy atom. The molecule has 7 heteroatoms. The molecule has 132 valence electrons. The van der Waals surface area contributed by atoms with Gasteiger partial charge in [0.1, 0.15) is 0 Å². The van der Waals surface area contributed by atoms with Crippen molar-refractivity contribution in [2.45, 2.75) is 13.8 Å². The second-order valence-corrected chi connectivity index (χ2v) is 5.60. The van der Waals surface area contributed by atoms with E-state index < -0.39 is 0 Å². The molecule has 0 aliphatic rings. The minimum absolute atomic E-state index is 0.101. The van der Waals surface area contributed by atoms with Crippen molar-refractivity contribution in [3.05, 3.63) is 60.8 Å². The van der Waals surface area contributed by atoms with Crippen LogP contribution in [0.3, 0.4) is 0 Å². The van der Waals surface area contributed by atoms with Crippen molar-refractivity contribution < 1.29 is 4.79 Å². The molecule has 26 heavy (non-hydrogen) atoms. The average Bonchev–Trinajstić information content (AvgIpc) is 2.65. The number of carbonyl (C=O) groups is 1. The molecule has 0 atom stereocenters. The number of hydrogen-bond acceptors (Lipinski definition) is 6. The molecule has 0 spiro atoms. The number of carbonyl (C=O) groups excluding carboxylic acids is 1. The van der Waals surface area contributed by atoms with Gasteiger partial charge in [-0.05, 0) is 43.3 Å². The monoisotopic (exact) mass is 348 g/mol. The number of para-hydroxylation sites is 1. The van der Waals surface area contributed by atoms with Crippen molar-refractivity contribution in [3.8, 4) is 0 Å². The highest BCUT2D eigenvalue weighted by atomic mass is 16.1. The first kappa shape index (κ1) is 17.3. The molecule has 7 nitrogen and oxygen atoms in total. The lowest BCUT2D eigenvalue weighted by Crippen LogP contribution is -2.19. The molecule has 0 bridgehead atoms. The first-order valence-corrected chi connectivity index (χ1v) is 8.32. The molecular weight excluding hydrogens is 328 g/mol. The third-order valence-electron chi connectivity index (χ3n) is 3.65. The topological polar surface area (TPSA) is 83.0 Å². The molecule has 0 aliphatic heterocycles. The third kappa shape index (κ3) is 4.32. The molecule has 0 unspecified atom stereocenters. The number of amides is 1. The molecule has 0 saturated heterocycles. The lowest BCUT2D eigenvalue weighted by molar-refractivity contribution is -0.114. The number of anilines is 5. The minimum atomic E-state index is -0.101. The molecule has 2 N–H and O–H groups in total. The van der Waals surface area contributed by atoms with E-state index >= 15 is 0 Å². The van der Waals surface area contributed by atoms with Crippen LogP contribution in [-0.2, 0) is 4.79 Å². The van der Waals surface area contributed by atoms with Gasteiger partial charge in [0, 0.05) is 30.5 Å². The Morgan fingerprint density at radius 2 is 1.73 bits per heavy atom. The van der Waals surface area contributed by atoms with Crippen molar-refractivity contribution in [2.24, 2.45) is 0 Å². The maximum Gasteiger partial charge on any atom is 0.251 e. The van der Waals surface area contributed by atoms with Crippen molar-refractivity contribution in [3.63, 3.8) is 0 Å². The van der Waals surface area contributed by atoms with Gasteiger partial charge in [-0.3, -0.25) is 4.79 Å². The lowest BCUT2D eigenvalue weighted by atomic mass is 10.3. The molecule has 0 radical (unpaired) electrons. The van der Waals surface area contributed by atoms with Crippen molar-refractivity contribution >= 4 is 34.7 Å². The summed E-state index contributed by atoms with van der Waals surface area (Å²) in [4.78, 5) is 17.6. The van der Waals surface area contributed by atoms with Crippen LogP contribution in [0.15, 0.2) is 60.8 Å². The normalized spacial score (nSPS) is 10.2. The highest BCUT2D eigenvalue weighted by molar-refractivity contribution is 5.88. The highest BCUT2D eigenvalue weighted by Gasteiger charge is 2.11. The molecule has 3 rings (SSSR count). The van der Waals surface area contributed by atoms with Crippen molar-refractivity contribution in [1.82, 2.24) is 15.2 Å².